The number of aromatic nitrogens is 2. The lowest BCUT2D eigenvalue weighted by molar-refractivity contribution is 0.0741. The lowest BCUT2D eigenvalue weighted by Gasteiger charge is -2.22. The summed E-state index contributed by atoms with van der Waals surface area (Å²) in [5.41, 5.74) is 8.06. The van der Waals surface area contributed by atoms with Crippen molar-refractivity contribution in [3.05, 3.63) is 59.7 Å². The zero-order valence-electron chi connectivity index (χ0n) is 12.2. The molecule has 0 aliphatic rings. The van der Waals surface area contributed by atoms with Crippen molar-refractivity contribution in [1.82, 2.24) is 14.9 Å². The number of nitrogens with zero attached hydrogens (tertiary/aromatic N) is 3. The van der Waals surface area contributed by atoms with E-state index in [0.717, 1.165) is 17.7 Å². The van der Waals surface area contributed by atoms with Gasteiger partial charge >= 0.3 is 0 Å². The molecule has 2 aromatic heterocycles. The summed E-state index contributed by atoms with van der Waals surface area (Å²) in [6, 6.07) is 7.49. The summed E-state index contributed by atoms with van der Waals surface area (Å²) in [7, 11) is 0. The van der Waals surface area contributed by atoms with E-state index < -0.39 is 0 Å². The Kier molecular flexibility index (Phi) is 5.40. The standard InChI is InChI=1S/C16H20N4O/c1-13-5-6-15(11-19-13)16(21)20(9-3-7-17)12-14-4-2-8-18-10-14/h2,4-6,8,10-11H,3,7,9,12,17H2,1H3. The molecule has 0 saturated heterocycles. The monoisotopic (exact) mass is 284 g/mol. The second-order valence-corrected chi connectivity index (χ2v) is 4.92. The van der Waals surface area contributed by atoms with E-state index in [0.29, 0.717) is 25.2 Å². The van der Waals surface area contributed by atoms with Crippen LogP contribution in [0.2, 0.25) is 0 Å². The van der Waals surface area contributed by atoms with E-state index in [1.165, 1.54) is 0 Å². The number of nitrogens with two attached hydrogens (primary N) is 1. The first-order valence-corrected chi connectivity index (χ1v) is 7.01. The van der Waals surface area contributed by atoms with Gasteiger partial charge in [0, 0.05) is 37.4 Å². The van der Waals surface area contributed by atoms with E-state index in [2.05, 4.69) is 9.97 Å². The van der Waals surface area contributed by atoms with Gasteiger partial charge in [0.2, 0.25) is 0 Å². The largest absolute Gasteiger partial charge is 0.334 e. The zero-order chi connectivity index (χ0) is 15.1. The average Bonchev–Trinajstić information content (AvgIpc) is 2.52. The fraction of sp³-hybridized carbons (Fsp3) is 0.312. The fourth-order valence-corrected chi connectivity index (χ4v) is 2.02. The first-order valence-electron chi connectivity index (χ1n) is 7.01. The molecule has 0 fully saturated rings. The molecule has 0 aromatic carbocycles. The van der Waals surface area contributed by atoms with Crippen LogP contribution in [0.15, 0.2) is 42.9 Å². The van der Waals surface area contributed by atoms with E-state index in [-0.39, 0.29) is 5.91 Å². The van der Waals surface area contributed by atoms with E-state index in [1.807, 2.05) is 31.2 Å². The molecule has 0 bridgehead atoms. The molecule has 21 heavy (non-hydrogen) atoms. The van der Waals surface area contributed by atoms with Crippen LogP contribution in [0.4, 0.5) is 0 Å². The van der Waals surface area contributed by atoms with Crippen molar-refractivity contribution in [2.24, 2.45) is 5.73 Å². The smallest absolute Gasteiger partial charge is 0.255 e. The van der Waals surface area contributed by atoms with Gasteiger partial charge in [0.25, 0.3) is 5.91 Å². The van der Waals surface area contributed by atoms with Crippen LogP contribution in [0.3, 0.4) is 0 Å². The Balaban J connectivity index is 2.14. The Morgan fingerprint density at radius 3 is 2.76 bits per heavy atom. The molecule has 0 saturated carbocycles. The highest BCUT2D eigenvalue weighted by atomic mass is 16.2. The summed E-state index contributed by atoms with van der Waals surface area (Å²) >= 11 is 0. The molecule has 0 atom stereocenters. The summed E-state index contributed by atoms with van der Waals surface area (Å²) in [6.45, 7) is 3.61. The van der Waals surface area contributed by atoms with E-state index >= 15 is 0 Å². The minimum atomic E-state index is -0.0280. The molecule has 0 radical (unpaired) electrons. The molecule has 2 heterocycles. The van der Waals surface area contributed by atoms with Crippen molar-refractivity contribution in [2.45, 2.75) is 19.9 Å². The average molecular weight is 284 g/mol. The maximum absolute atomic E-state index is 12.6. The molecule has 110 valence electrons. The number of amides is 1. The van der Waals surface area contributed by atoms with Gasteiger partial charge in [-0.3, -0.25) is 14.8 Å². The number of aryl methyl sites for hydroxylation is 1. The maximum Gasteiger partial charge on any atom is 0.255 e. The Labute approximate surface area is 124 Å². The van der Waals surface area contributed by atoms with E-state index in [9.17, 15) is 4.79 Å². The predicted molar refractivity (Wildman–Crippen MR) is 81.6 cm³/mol. The first kappa shape index (κ1) is 15.1. The highest BCUT2D eigenvalue weighted by molar-refractivity contribution is 5.93. The van der Waals surface area contributed by atoms with Gasteiger partial charge in [0.15, 0.2) is 0 Å². The minimum Gasteiger partial charge on any atom is -0.334 e. The van der Waals surface area contributed by atoms with Gasteiger partial charge in [0.1, 0.15) is 0 Å². The van der Waals surface area contributed by atoms with Crippen LogP contribution < -0.4 is 5.73 Å². The molecule has 2 N–H and O–H groups in total. The molecule has 5 nitrogen and oxygen atoms in total. The number of pyridine rings is 2. The van der Waals surface area contributed by atoms with Gasteiger partial charge in [-0.25, -0.2) is 0 Å². The fourth-order valence-electron chi connectivity index (χ4n) is 2.02. The molecule has 0 spiro atoms. The second-order valence-electron chi connectivity index (χ2n) is 4.92. The third kappa shape index (κ3) is 4.36. The number of rotatable bonds is 6. The number of hydrogen-bond acceptors (Lipinski definition) is 4. The highest BCUT2D eigenvalue weighted by Gasteiger charge is 2.16. The quantitative estimate of drug-likeness (QED) is 0.877. The van der Waals surface area contributed by atoms with Crippen LogP contribution in [0, 0.1) is 6.92 Å². The molecule has 5 heteroatoms. The molecule has 2 rings (SSSR count). The van der Waals surface area contributed by atoms with E-state index in [1.54, 1.807) is 23.5 Å². The van der Waals surface area contributed by atoms with Crippen LogP contribution in [0.5, 0.6) is 0 Å². The van der Waals surface area contributed by atoms with Gasteiger partial charge in [-0.1, -0.05) is 6.07 Å². The third-order valence-electron chi connectivity index (χ3n) is 3.17. The van der Waals surface area contributed by atoms with Crippen molar-refractivity contribution in [1.29, 1.82) is 0 Å². The van der Waals surface area contributed by atoms with Crippen molar-refractivity contribution < 1.29 is 4.79 Å². The van der Waals surface area contributed by atoms with Crippen molar-refractivity contribution >= 4 is 5.91 Å². The Bertz CT molecular complexity index is 569. The van der Waals surface area contributed by atoms with Crippen LogP contribution in [-0.2, 0) is 6.54 Å². The lowest BCUT2D eigenvalue weighted by Crippen LogP contribution is -2.32. The minimum absolute atomic E-state index is 0.0280. The normalized spacial score (nSPS) is 10.4. The first-order chi connectivity index (χ1) is 10.2. The van der Waals surface area contributed by atoms with Gasteiger partial charge in [0.05, 0.1) is 5.56 Å². The molecular weight excluding hydrogens is 264 g/mol. The summed E-state index contributed by atoms with van der Waals surface area (Å²) in [6.07, 6.45) is 5.89. The maximum atomic E-state index is 12.6. The summed E-state index contributed by atoms with van der Waals surface area (Å²) in [5, 5.41) is 0. The molecule has 0 aliphatic carbocycles. The van der Waals surface area contributed by atoms with Gasteiger partial charge in [-0.15, -0.1) is 0 Å². The van der Waals surface area contributed by atoms with Gasteiger partial charge < -0.3 is 10.6 Å². The van der Waals surface area contributed by atoms with Crippen LogP contribution in [-0.4, -0.2) is 33.9 Å². The summed E-state index contributed by atoms with van der Waals surface area (Å²) < 4.78 is 0. The van der Waals surface area contributed by atoms with Crippen LogP contribution in [0.25, 0.3) is 0 Å². The lowest BCUT2D eigenvalue weighted by atomic mass is 10.2. The third-order valence-corrected chi connectivity index (χ3v) is 3.17. The van der Waals surface area contributed by atoms with E-state index in [4.69, 9.17) is 5.73 Å². The topological polar surface area (TPSA) is 72.1 Å². The van der Waals surface area contributed by atoms with Crippen LogP contribution in [0.1, 0.15) is 28.0 Å². The van der Waals surface area contributed by atoms with Gasteiger partial charge in [-0.05, 0) is 43.7 Å². The Hall–Kier alpha value is -2.27. The number of carbonyl (C=O) groups excluding carboxylic acids is 1. The Morgan fingerprint density at radius 1 is 1.29 bits per heavy atom. The molecular formula is C16H20N4O. The molecule has 1 amide bonds. The van der Waals surface area contributed by atoms with Crippen LogP contribution >= 0.6 is 0 Å². The highest BCUT2D eigenvalue weighted by Crippen LogP contribution is 2.10. The number of hydrogen-bond donors (Lipinski definition) is 1. The zero-order valence-corrected chi connectivity index (χ0v) is 12.2. The number of carbonyl (C=O) groups is 1. The second kappa shape index (κ2) is 7.50. The molecule has 0 unspecified atom stereocenters. The summed E-state index contributed by atoms with van der Waals surface area (Å²) in [4.78, 5) is 22.7. The predicted octanol–water partition coefficient (Wildman–Crippen LogP) is 1.78. The van der Waals surface area contributed by atoms with Gasteiger partial charge in [-0.2, -0.15) is 0 Å². The molecule has 0 aliphatic heterocycles. The Morgan fingerprint density at radius 2 is 2.14 bits per heavy atom. The van der Waals surface area contributed by atoms with Crippen molar-refractivity contribution in [2.75, 3.05) is 13.1 Å². The molecule has 2 aromatic rings. The SMILES string of the molecule is Cc1ccc(C(=O)N(CCCN)Cc2cccnc2)cn1. The van der Waals surface area contributed by atoms with Crippen molar-refractivity contribution in [3.63, 3.8) is 0 Å². The summed E-state index contributed by atoms with van der Waals surface area (Å²) in [5.74, 6) is -0.0280. The van der Waals surface area contributed by atoms with Crippen molar-refractivity contribution in [3.8, 4) is 0 Å².